The van der Waals surface area contributed by atoms with Crippen LogP contribution in [0.25, 0.3) is 32.7 Å². The van der Waals surface area contributed by atoms with E-state index in [0.717, 1.165) is 0 Å². The number of hydrogen-bond acceptors (Lipinski definition) is 0. The molecule has 0 heterocycles. The van der Waals surface area contributed by atoms with Crippen molar-refractivity contribution < 1.29 is 23.3 Å². The topological polar surface area (TPSA) is 0 Å². The Kier molecular flexibility index (Phi) is 13.7. The van der Waals surface area contributed by atoms with E-state index in [9.17, 15) is 0 Å². The van der Waals surface area contributed by atoms with Crippen LogP contribution < -0.4 is 0 Å². The SMILES string of the molecule is CCCCc1c[cH-]c2ccccc12.Cc1cc2c(-c3ccc(C(C)(C)C)cc3)cccc2[cH-]1.[CH3-].[CH3-].[Si]=[Zr]. The number of fused-ring (bicyclic) bond motifs is 2. The first-order chi connectivity index (χ1) is 16.9. The van der Waals surface area contributed by atoms with E-state index in [4.69, 9.17) is 0 Å². The van der Waals surface area contributed by atoms with Crippen molar-refractivity contribution in [1.82, 2.24) is 0 Å². The molecule has 0 aliphatic heterocycles. The molecule has 37 heavy (non-hydrogen) atoms. The second-order valence-corrected chi connectivity index (χ2v) is 10.2. The van der Waals surface area contributed by atoms with Gasteiger partial charge in [0.15, 0.2) is 0 Å². The third-order valence-corrected chi connectivity index (χ3v) is 6.53. The molecule has 0 aliphatic rings. The van der Waals surface area contributed by atoms with Crippen molar-refractivity contribution in [3.8, 4) is 11.1 Å². The van der Waals surface area contributed by atoms with Crippen molar-refractivity contribution in [2.75, 3.05) is 0 Å². The summed E-state index contributed by atoms with van der Waals surface area (Å²) < 4.78 is 0. The van der Waals surface area contributed by atoms with Crippen molar-refractivity contribution in [3.63, 3.8) is 0 Å². The molecule has 0 atom stereocenters. The first-order valence-electron chi connectivity index (χ1n) is 12.5. The normalized spacial score (nSPS) is 10.4. The average molecular weight is 582 g/mol. The van der Waals surface area contributed by atoms with Crippen LogP contribution in [0, 0.1) is 21.8 Å². The van der Waals surface area contributed by atoms with Gasteiger partial charge < -0.3 is 14.9 Å². The molecule has 0 saturated carbocycles. The molecule has 0 saturated heterocycles. The van der Waals surface area contributed by atoms with E-state index < -0.39 is 0 Å². The standard InChI is InChI=1S/C20H21.C13H15.2CH3.Si.Zr/c1-14-12-16-6-5-7-18(19(16)13-14)15-8-10-17(11-9-15)20(2,3)4;1-2-3-6-11-9-10-12-7-4-5-8-13(11)12;;;;/h5-13H,1-4H3;4-5,7-10H,2-3,6H2,1H3;2*1H3;;/q4*-1;;. The van der Waals surface area contributed by atoms with Gasteiger partial charge in [-0.15, -0.1) is 75.6 Å². The number of aryl methyl sites for hydroxylation is 2. The molecule has 5 rings (SSSR count). The van der Waals surface area contributed by atoms with Crippen LogP contribution >= 0.6 is 0 Å². The van der Waals surface area contributed by atoms with Gasteiger partial charge in [-0.3, -0.25) is 0 Å². The summed E-state index contributed by atoms with van der Waals surface area (Å²) in [4.78, 5) is 0. The Morgan fingerprint density at radius 1 is 0.811 bits per heavy atom. The molecule has 0 nitrogen and oxygen atoms in total. The number of rotatable bonds is 4. The molecular formula is C35H42SiZr-4. The van der Waals surface area contributed by atoms with E-state index >= 15 is 0 Å². The minimum atomic E-state index is 0. The second kappa shape index (κ2) is 15.4. The monoisotopic (exact) mass is 580 g/mol. The number of hydrogen-bond donors (Lipinski definition) is 0. The molecular weight excluding hydrogens is 540 g/mol. The van der Waals surface area contributed by atoms with Gasteiger partial charge in [0.1, 0.15) is 0 Å². The molecule has 0 N–H and O–H groups in total. The summed E-state index contributed by atoms with van der Waals surface area (Å²) in [5.41, 5.74) is 7.06. The molecule has 0 bridgehead atoms. The zero-order valence-corrected chi connectivity index (χ0v) is 27.2. The van der Waals surface area contributed by atoms with E-state index in [2.05, 4.69) is 132 Å². The van der Waals surface area contributed by atoms with E-state index in [1.807, 2.05) is 0 Å². The van der Waals surface area contributed by atoms with Crippen LogP contribution in [0.3, 0.4) is 0 Å². The fraction of sp³-hybridized carbons (Fsp3) is 0.257. The van der Waals surface area contributed by atoms with Crippen LogP contribution in [0.15, 0.2) is 91.0 Å². The minimum absolute atomic E-state index is 0. The summed E-state index contributed by atoms with van der Waals surface area (Å²) in [6.07, 6.45) is 3.80. The number of benzene rings is 3. The third-order valence-electron chi connectivity index (χ3n) is 6.53. The molecule has 5 aromatic rings. The molecule has 2 heteroatoms. The first kappa shape index (κ1) is 33.0. The summed E-state index contributed by atoms with van der Waals surface area (Å²) in [6, 6.07) is 33.2. The summed E-state index contributed by atoms with van der Waals surface area (Å²) in [6.45, 7) is 14.2. The Hall–Kier alpha value is -2.02. The Labute approximate surface area is 243 Å². The molecule has 0 spiro atoms. The van der Waals surface area contributed by atoms with Crippen molar-refractivity contribution in [2.24, 2.45) is 0 Å². The fourth-order valence-electron chi connectivity index (χ4n) is 4.59. The van der Waals surface area contributed by atoms with Gasteiger partial charge in [0.2, 0.25) is 0 Å². The molecule has 2 radical (unpaired) electrons. The van der Waals surface area contributed by atoms with E-state index in [1.54, 1.807) is 0 Å². The van der Waals surface area contributed by atoms with Crippen LogP contribution in [0.5, 0.6) is 0 Å². The Balaban J connectivity index is 0.000000353. The Morgan fingerprint density at radius 3 is 2.11 bits per heavy atom. The fourth-order valence-corrected chi connectivity index (χ4v) is 4.59. The summed E-state index contributed by atoms with van der Waals surface area (Å²) in [5, 5.41) is 5.51. The second-order valence-electron chi connectivity index (χ2n) is 10.2. The number of unbranched alkanes of at least 4 members (excludes halogenated alkanes) is 1. The van der Waals surface area contributed by atoms with E-state index in [0.29, 0.717) is 0 Å². The van der Waals surface area contributed by atoms with Crippen LogP contribution in [-0.2, 0) is 35.2 Å². The van der Waals surface area contributed by atoms with Crippen LogP contribution in [0.4, 0.5) is 0 Å². The quantitative estimate of drug-likeness (QED) is 0.146. The molecule has 194 valence electrons. The van der Waals surface area contributed by atoms with Gasteiger partial charge in [0, 0.05) is 0 Å². The van der Waals surface area contributed by atoms with Gasteiger partial charge in [-0.1, -0.05) is 95.8 Å². The van der Waals surface area contributed by atoms with Crippen molar-refractivity contribution in [2.45, 2.75) is 59.3 Å². The van der Waals surface area contributed by atoms with Crippen molar-refractivity contribution in [1.29, 1.82) is 0 Å². The molecule has 0 unspecified atom stereocenters. The maximum absolute atomic E-state index is 3.06. The molecule has 0 fully saturated rings. The molecule has 0 amide bonds. The van der Waals surface area contributed by atoms with E-state index in [1.165, 1.54) is 92.0 Å². The van der Waals surface area contributed by atoms with Crippen molar-refractivity contribution >= 4 is 28.4 Å². The predicted molar refractivity (Wildman–Crippen MR) is 165 cm³/mol. The Bertz CT molecular complexity index is 1350. The summed E-state index contributed by atoms with van der Waals surface area (Å²) in [5.74, 6) is 0. The molecule has 0 aliphatic carbocycles. The first-order valence-corrected chi connectivity index (χ1v) is 16.7. The molecule has 0 aromatic heterocycles. The van der Waals surface area contributed by atoms with Gasteiger partial charge in [-0.2, -0.15) is 11.6 Å². The van der Waals surface area contributed by atoms with Crippen LogP contribution in [0.2, 0.25) is 0 Å². The molecule has 5 aromatic carbocycles. The van der Waals surface area contributed by atoms with Gasteiger partial charge in [0.25, 0.3) is 0 Å². The zero-order valence-electron chi connectivity index (χ0n) is 23.8. The average Bonchev–Trinajstić information content (AvgIpc) is 3.46. The van der Waals surface area contributed by atoms with Gasteiger partial charge in [-0.05, 0) is 16.5 Å². The zero-order chi connectivity index (χ0) is 25.4. The van der Waals surface area contributed by atoms with Crippen LogP contribution in [-0.4, -0.2) is 6.88 Å². The Morgan fingerprint density at radius 2 is 1.46 bits per heavy atom. The van der Waals surface area contributed by atoms with Crippen molar-refractivity contribution in [3.05, 3.63) is 123 Å². The predicted octanol–water partition coefficient (Wildman–Crippen LogP) is 10.3. The third kappa shape index (κ3) is 8.49. The summed E-state index contributed by atoms with van der Waals surface area (Å²) in [7, 11) is 0. The van der Waals surface area contributed by atoms with Gasteiger partial charge in [-0.25, -0.2) is 0 Å². The maximum atomic E-state index is 3.06. The van der Waals surface area contributed by atoms with Crippen LogP contribution in [0.1, 0.15) is 57.2 Å². The van der Waals surface area contributed by atoms with Gasteiger partial charge >= 0.3 is 30.2 Å². The van der Waals surface area contributed by atoms with Gasteiger partial charge in [0.05, 0.1) is 0 Å². The summed E-state index contributed by atoms with van der Waals surface area (Å²) >= 11 is 1.36. The van der Waals surface area contributed by atoms with E-state index in [-0.39, 0.29) is 20.3 Å².